The summed E-state index contributed by atoms with van der Waals surface area (Å²) in [6, 6.07) is 0. The highest BCUT2D eigenvalue weighted by atomic mass is 35.5. The summed E-state index contributed by atoms with van der Waals surface area (Å²) in [7, 11) is 0. The number of ether oxygens (including phenoxy) is 1. The van der Waals surface area contributed by atoms with E-state index in [9.17, 15) is 9.18 Å². The maximum atomic E-state index is 12.5. The van der Waals surface area contributed by atoms with Gasteiger partial charge in [-0.05, 0) is 6.92 Å². The predicted octanol–water partition coefficient (Wildman–Crippen LogP) is 1.23. The van der Waals surface area contributed by atoms with Crippen LogP contribution in [0.4, 0.5) is 4.39 Å². The zero-order valence-corrected chi connectivity index (χ0v) is 5.61. The highest BCUT2D eigenvalue weighted by Gasteiger charge is 2.68. The smallest absolute Gasteiger partial charge is 0.293 e. The van der Waals surface area contributed by atoms with Crippen molar-refractivity contribution in [1.29, 1.82) is 0 Å². The molecule has 0 heterocycles. The van der Waals surface area contributed by atoms with E-state index in [1.807, 2.05) is 0 Å². The number of hydrogen-bond acceptors (Lipinski definition) is 2. The Kier molecular flexibility index (Phi) is 1.21. The second-order valence-corrected chi connectivity index (χ2v) is 2.93. The molecule has 0 saturated heterocycles. The van der Waals surface area contributed by atoms with E-state index >= 15 is 0 Å². The third-order valence-corrected chi connectivity index (χ3v) is 2.05. The summed E-state index contributed by atoms with van der Waals surface area (Å²) in [6.07, 6.45) is 0.0836. The van der Waals surface area contributed by atoms with E-state index in [2.05, 4.69) is 4.74 Å². The first-order chi connectivity index (χ1) is 4.02. The molecule has 0 aliphatic heterocycles. The van der Waals surface area contributed by atoms with Gasteiger partial charge in [0.1, 0.15) is 0 Å². The molecule has 0 aromatic heterocycles. The molecule has 0 aromatic carbocycles. The van der Waals surface area contributed by atoms with Crippen molar-refractivity contribution < 1.29 is 13.9 Å². The van der Waals surface area contributed by atoms with E-state index in [-0.39, 0.29) is 12.9 Å². The first-order valence-electron chi connectivity index (χ1n) is 2.51. The Morgan fingerprint density at radius 2 is 2.33 bits per heavy atom. The number of rotatable bonds is 2. The molecule has 0 aromatic rings. The van der Waals surface area contributed by atoms with Crippen molar-refractivity contribution in [3.05, 3.63) is 0 Å². The van der Waals surface area contributed by atoms with Crippen LogP contribution in [0.25, 0.3) is 0 Å². The molecule has 1 rings (SSSR count). The van der Waals surface area contributed by atoms with Gasteiger partial charge >= 0.3 is 0 Å². The summed E-state index contributed by atoms with van der Waals surface area (Å²) in [5.41, 5.74) is -1.07. The Morgan fingerprint density at radius 1 is 1.89 bits per heavy atom. The molecule has 0 N–H and O–H groups in total. The van der Waals surface area contributed by atoms with Crippen LogP contribution in [-0.2, 0) is 9.53 Å². The van der Waals surface area contributed by atoms with Gasteiger partial charge in [0.25, 0.3) is 6.47 Å². The Labute approximate surface area is 56.9 Å². The van der Waals surface area contributed by atoms with Gasteiger partial charge in [-0.2, -0.15) is 0 Å². The second kappa shape index (κ2) is 1.59. The summed E-state index contributed by atoms with van der Waals surface area (Å²) in [5.74, 6) is 0. The molecule has 2 atom stereocenters. The average molecular weight is 153 g/mol. The van der Waals surface area contributed by atoms with Crippen LogP contribution < -0.4 is 0 Å². The number of carbonyl (C=O) groups is 1. The lowest BCUT2D eigenvalue weighted by molar-refractivity contribution is -0.136. The molecule has 4 heteroatoms. The summed E-state index contributed by atoms with van der Waals surface area (Å²) in [5, 5.41) is -1.83. The molecule has 0 amide bonds. The molecule has 2 unspecified atom stereocenters. The molecule has 0 bridgehead atoms. The molecule has 1 aliphatic rings. The molecule has 0 spiro atoms. The molecule has 0 radical (unpaired) electrons. The molecule has 52 valence electrons. The van der Waals surface area contributed by atoms with Crippen molar-refractivity contribution >= 4 is 18.1 Å². The van der Waals surface area contributed by atoms with E-state index in [1.165, 1.54) is 6.92 Å². The van der Waals surface area contributed by atoms with Gasteiger partial charge < -0.3 is 4.74 Å². The average Bonchev–Trinajstić information content (AvgIpc) is 2.07. The molecule has 1 saturated carbocycles. The Hall–Kier alpha value is -0.310. The maximum absolute atomic E-state index is 12.5. The predicted molar refractivity (Wildman–Crippen MR) is 29.9 cm³/mol. The highest BCUT2D eigenvalue weighted by Crippen LogP contribution is 2.56. The Balaban J connectivity index is 2.52. The lowest BCUT2D eigenvalue weighted by Crippen LogP contribution is -2.16. The van der Waals surface area contributed by atoms with E-state index in [4.69, 9.17) is 11.6 Å². The van der Waals surface area contributed by atoms with Crippen molar-refractivity contribution in [3.8, 4) is 0 Å². The first kappa shape index (κ1) is 6.81. The van der Waals surface area contributed by atoms with Crippen molar-refractivity contribution in [1.82, 2.24) is 0 Å². The number of halogens is 2. The van der Waals surface area contributed by atoms with E-state index in [1.54, 1.807) is 0 Å². The molecule has 1 aliphatic carbocycles. The van der Waals surface area contributed by atoms with Gasteiger partial charge in [0, 0.05) is 6.42 Å². The third kappa shape index (κ3) is 0.894. The topological polar surface area (TPSA) is 26.3 Å². The lowest BCUT2D eigenvalue weighted by atomic mass is 10.4. The zero-order valence-electron chi connectivity index (χ0n) is 4.86. The fourth-order valence-corrected chi connectivity index (χ4v) is 0.913. The lowest BCUT2D eigenvalue weighted by Gasteiger charge is -2.06. The van der Waals surface area contributed by atoms with Crippen molar-refractivity contribution in [2.45, 2.75) is 24.1 Å². The van der Waals surface area contributed by atoms with E-state index in [0.29, 0.717) is 0 Å². The molecule has 2 nitrogen and oxygen atoms in total. The summed E-state index contributed by atoms with van der Waals surface area (Å²) < 4.78 is 16.9. The zero-order chi connectivity index (χ0) is 7.12. The van der Waals surface area contributed by atoms with Crippen LogP contribution in [0.1, 0.15) is 13.3 Å². The number of hydrogen-bond donors (Lipinski definition) is 0. The summed E-state index contributed by atoms with van der Waals surface area (Å²) >= 11 is 5.18. The SMILES string of the molecule is CC1(OC=O)CC1(F)Cl. The standard InChI is InChI=1S/C5H6ClFO2/c1-4(9-3-8)2-5(4,6)7/h3H,2H2,1H3. The van der Waals surface area contributed by atoms with Gasteiger partial charge in [0.2, 0.25) is 5.13 Å². The third-order valence-electron chi connectivity index (χ3n) is 1.52. The highest BCUT2D eigenvalue weighted by molar-refractivity contribution is 6.26. The van der Waals surface area contributed by atoms with E-state index in [0.717, 1.165) is 0 Å². The fourth-order valence-electron chi connectivity index (χ4n) is 0.614. The summed E-state index contributed by atoms with van der Waals surface area (Å²) in [6.45, 7) is 1.66. The normalized spacial score (nSPS) is 48.3. The fraction of sp³-hybridized carbons (Fsp3) is 0.800. The van der Waals surface area contributed by atoms with Gasteiger partial charge in [-0.1, -0.05) is 11.6 Å². The Bertz CT molecular complexity index is 148. The van der Waals surface area contributed by atoms with Crippen molar-refractivity contribution in [3.63, 3.8) is 0 Å². The largest absolute Gasteiger partial charge is 0.457 e. The second-order valence-electron chi connectivity index (χ2n) is 2.33. The first-order valence-corrected chi connectivity index (χ1v) is 2.89. The molecular weight excluding hydrogens is 147 g/mol. The van der Waals surface area contributed by atoms with Crippen molar-refractivity contribution in [2.75, 3.05) is 0 Å². The van der Waals surface area contributed by atoms with Crippen LogP contribution in [0.15, 0.2) is 0 Å². The van der Waals surface area contributed by atoms with E-state index < -0.39 is 10.7 Å². The van der Waals surface area contributed by atoms with Gasteiger partial charge in [0.15, 0.2) is 5.60 Å². The monoisotopic (exact) mass is 152 g/mol. The summed E-state index contributed by atoms with van der Waals surface area (Å²) in [4.78, 5) is 9.70. The minimum absolute atomic E-state index is 0.0836. The Morgan fingerprint density at radius 3 is 2.44 bits per heavy atom. The van der Waals surface area contributed by atoms with Crippen molar-refractivity contribution in [2.24, 2.45) is 0 Å². The number of alkyl halides is 2. The van der Waals surface area contributed by atoms with Gasteiger partial charge in [0.05, 0.1) is 0 Å². The van der Waals surface area contributed by atoms with Crippen LogP contribution in [0, 0.1) is 0 Å². The van der Waals surface area contributed by atoms with Crippen LogP contribution in [0.2, 0.25) is 0 Å². The van der Waals surface area contributed by atoms with Crippen LogP contribution in [0.3, 0.4) is 0 Å². The van der Waals surface area contributed by atoms with Gasteiger partial charge in [-0.15, -0.1) is 0 Å². The molecular formula is C5H6ClFO2. The van der Waals surface area contributed by atoms with Gasteiger partial charge in [-0.3, -0.25) is 4.79 Å². The maximum Gasteiger partial charge on any atom is 0.293 e. The quantitative estimate of drug-likeness (QED) is 0.440. The molecule has 9 heavy (non-hydrogen) atoms. The molecule has 1 fully saturated rings. The van der Waals surface area contributed by atoms with Crippen LogP contribution >= 0.6 is 11.6 Å². The van der Waals surface area contributed by atoms with Crippen LogP contribution in [-0.4, -0.2) is 17.2 Å². The van der Waals surface area contributed by atoms with Crippen LogP contribution in [0.5, 0.6) is 0 Å². The minimum Gasteiger partial charge on any atom is -0.457 e. The number of carbonyl (C=O) groups excluding carboxylic acids is 1. The minimum atomic E-state index is -1.83. The van der Waals surface area contributed by atoms with Gasteiger partial charge in [-0.25, -0.2) is 4.39 Å².